The van der Waals surface area contributed by atoms with Gasteiger partial charge in [-0.2, -0.15) is 0 Å². The molecule has 5 aromatic carbocycles. The number of benzene rings is 5. The minimum atomic E-state index is -1.04. The fraction of sp³-hybridized carbons (Fsp3) is 0.279. The number of hydrogen-bond donors (Lipinski definition) is 3. The summed E-state index contributed by atoms with van der Waals surface area (Å²) in [4.78, 5) is 33.7. The number of carbonyl (C=O) groups excluding carboxylic acids is 1. The average molecular weight is 694 g/mol. The van der Waals surface area contributed by atoms with Gasteiger partial charge in [0.2, 0.25) is 0 Å². The second-order valence-corrected chi connectivity index (χ2v) is 11.6. The molecule has 1 amide bonds. The topological polar surface area (TPSA) is 122 Å². The zero-order valence-corrected chi connectivity index (χ0v) is 30.7. The minimum absolute atomic E-state index is 0.121. The summed E-state index contributed by atoms with van der Waals surface area (Å²) < 4.78 is 11.3. The Bertz CT molecular complexity index is 1780. The molecule has 8 heteroatoms. The van der Waals surface area contributed by atoms with Gasteiger partial charge in [-0.3, -0.25) is 9.59 Å². The van der Waals surface area contributed by atoms with Crippen molar-refractivity contribution in [1.82, 2.24) is 0 Å². The molecule has 0 aromatic heterocycles. The Kier molecular flexibility index (Phi) is 18.0. The Balaban J connectivity index is 0.000000283. The van der Waals surface area contributed by atoms with Gasteiger partial charge in [0.15, 0.2) is 6.10 Å². The predicted molar refractivity (Wildman–Crippen MR) is 206 cm³/mol. The molecule has 0 aliphatic carbocycles. The number of carbonyl (C=O) groups is 3. The molecule has 0 heterocycles. The summed E-state index contributed by atoms with van der Waals surface area (Å²) in [6.45, 7) is 14.3. The first kappa shape index (κ1) is 41.5. The van der Waals surface area contributed by atoms with Crippen molar-refractivity contribution in [2.75, 3.05) is 11.9 Å². The maximum atomic E-state index is 12.4. The lowest BCUT2D eigenvalue weighted by Gasteiger charge is -2.19. The lowest BCUT2D eigenvalue weighted by Crippen LogP contribution is -2.32. The first-order valence-electron chi connectivity index (χ1n) is 17.2. The molecule has 5 aromatic rings. The zero-order chi connectivity index (χ0) is 37.8. The van der Waals surface area contributed by atoms with E-state index in [1.807, 2.05) is 84.9 Å². The molecule has 5 rings (SSSR count). The Labute approximate surface area is 302 Å². The van der Waals surface area contributed by atoms with E-state index in [2.05, 4.69) is 53.8 Å². The van der Waals surface area contributed by atoms with Gasteiger partial charge in [-0.15, -0.1) is 0 Å². The molecule has 0 fully saturated rings. The van der Waals surface area contributed by atoms with Gasteiger partial charge in [0.25, 0.3) is 5.91 Å². The van der Waals surface area contributed by atoms with E-state index in [1.165, 1.54) is 28.5 Å². The smallest absolute Gasteiger partial charge is 0.335 e. The number of amides is 1. The van der Waals surface area contributed by atoms with Gasteiger partial charge in [0.1, 0.15) is 11.5 Å². The molecule has 0 aliphatic rings. The Hall–Kier alpha value is -5.63. The molecule has 270 valence electrons. The number of anilines is 1. The molecule has 0 spiro atoms. The van der Waals surface area contributed by atoms with E-state index >= 15 is 0 Å². The normalized spacial score (nSPS) is 10.5. The van der Waals surface area contributed by atoms with E-state index in [-0.39, 0.29) is 17.9 Å². The van der Waals surface area contributed by atoms with Crippen LogP contribution in [-0.4, -0.2) is 40.8 Å². The number of rotatable bonds is 11. The van der Waals surface area contributed by atoms with Crippen molar-refractivity contribution in [3.63, 3.8) is 0 Å². The standard InChI is InChI=1S/C19H21NO4.C12H16O3.C10H8.C2H6/c1-4-16(24-17-9-8-12(2)10-13(17)3)18(21)20-15-7-5-6-14(11-15)19(22)23;1-9-5-6-11(10(2)8-9)15-7-3-4-12(13)14;1-2-6-10-8-4-3-7-9(10)5-1;1-2/h5-11,16H,4H2,1-3H3,(H,20,21)(H,22,23);5-6,8H,3-4,7H2,1-2H3,(H,13,14);1-8H;1-2H3. The highest BCUT2D eigenvalue weighted by Crippen LogP contribution is 2.22. The lowest BCUT2D eigenvalue weighted by atomic mass is 10.1. The average Bonchev–Trinajstić information content (AvgIpc) is 3.12. The summed E-state index contributed by atoms with van der Waals surface area (Å²) in [7, 11) is 0. The quantitative estimate of drug-likeness (QED) is 0.118. The van der Waals surface area contributed by atoms with Crippen molar-refractivity contribution in [3.8, 4) is 11.5 Å². The van der Waals surface area contributed by atoms with Crippen LogP contribution in [0.3, 0.4) is 0 Å². The van der Waals surface area contributed by atoms with Crippen LogP contribution in [0.25, 0.3) is 10.8 Å². The summed E-state index contributed by atoms with van der Waals surface area (Å²) in [6, 6.07) is 34.6. The van der Waals surface area contributed by atoms with Crippen molar-refractivity contribution < 1.29 is 34.1 Å². The monoisotopic (exact) mass is 693 g/mol. The molecule has 0 bridgehead atoms. The molecule has 8 nitrogen and oxygen atoms in total. The van der Waals surface area contributed by atoms with Crippen LogP contribution < -0.4 is 14.8 Å². The maximum absolute atomic E-state index is 12.4. The first-order chi connectivity index (χ1) is 24.5. The van der Waals surface area contributed by atoms with Gasteiger partial charge in [-0.25, -0.2) is 4.79 Å². The molecule has 3 N–H and O–H groups in total. The van der Waals surface area contributed by atoms with Gasteiger partial charge >= 0.3 is 11.9 Å². The number of carboxylic acid groups (broad SMARTS) is 2. The molecular weight excluding hydrogens is 642 g/mol. The van der Waals surface area contributed by atoms with Crippen LogP contribution in [0.5, 0.6) is 11.5 Å². The van der Waals surface area contributed by atoms with Crippen molar-refractivity contribution in [2.24, 2.45) is 0 Å². The summed E-state index contributed by atoms with van der Waals surface area (Å²) >= 11 is 0. The van der Waals surface area contributed by atoms with E-state index in [0.29, 0.717) is 30.9 Å². The van der Waals surface area contributed by atoms with Crippen LogP contribution in [0.4, 0.5) is 5.69 Å². The molecular formula is C43H51NO7. The number of aliphatic carboxylic acids is 1. The van der Waals surface area contributed by atoms with Gasteiger partial charge < -0.3 is 25.0 Å². The van der Waals surface area contributed by atoms with Crippen LogP contribution >= 0.6 is 0 Å². The minimum Gasteiger partial charge on any atom is -0.493 e. The summed E-state index contributed by atoms with van der Waals surface area (Å²) in [5, 5.41) is 22.8. The maximum Gasteiger partial charge on any atom is 0.335 e. The van der Waals surface area contributed by atoms with Crippen molar-refractivity contribution >= 4 is 34.3 Å². The highest BCUT2D eigenvalue weighted by atomic mass is 16.5. The van der Waals surface area contributed by atoms with Crippen LogP contribution in [0.2, 0.25) is 0 Å². The molecule has 0 saturated heterocycles. The Morgan fingerprint density at radius 1 is 0.686 bits per heavy atom. The van der Waals surface area contributed by atoms with Crippen molar-refractivity contribution in [2.45, 2.75) is 73.8 Å². The van der Waals surface area contributed by atoms with Gasteiger partial charge in [-0.05, 0) is 92.8 Å². The largest absolute Gasteiger partial charge is 0.493 e. The summed E-state index contributed by atoms with van der Waals surface area (Å²) in [5.41, 5.74) is 4.94. The zero-order valence-electron chi connectivity index (χ0n) is 30.7. The van der Waals surface area contributed by atoms with Crippen LogP contribution in [0.1, 0.15) is 72.6 Å². The van der Waals surface area contributed by atoms with Crippen molar-refractivity contribution in [3.05, 3.63) is 137 Å². The number of aromatic carboxylic acids is 1. The van der Waals surface area contributed by atoms with Crippen molar-refractivity contribution in [1.29, 1.82) is 0 Å². The second kappa shape index (κ2) is 22.2. The molecule has 1 atom stereocenters. The van der Waals surface area contributed by atoms with E-state index < -0.39 is 18.0 Å². The third-order valence-corrected chi connectivity index (χ3v) is 7.42. The molecule has 0 radical (unpaired) electrons. The van der Waals surface area contributed by atoms with Gasteiger partial charge in [0.05, 0.1) is 12.2 Å². The molecule has 0 aliphatic heterocycles. The van der Waals surface area contributed by atoms with Crippen LogP contribution in [0.15, 0.2) is 109 Å². The molecule has 0 saturated carbocycles. The molecule has 1 unspecified atom stereocenters. The number of nitrogens with one attached hydrogen (secondary N) is 1. The summed E-state index contributed by atoms with van der Waals surface area (Å²) in [5.74, 6) is -0.614. The highest BCUT2D eigenvalue weighted by molar-refractivity contribution is 5.96. The number of ether oxygens (including phenoxy) is 2. The van der Waals surface area contributed by atoms with Gasteiger partial charge in [0, 0.05) is 12.1 Å². The van der Waals surface area contributed by atoms with E-state index in [9.17, 15) is 14.4 Å². The lowest BCUT2D eigenvalue weighted by molar-refractivity contribution is -0.137. The fourth-order valence-electron chi connectivity index (χ4n) is 4.86. The van der Waals surface area contributed by atoms with Crippen LogP contribution in [0, 0.1) is 27.7 Å². The van der Waals surface area contributed by atoms with Crippen LogP contribution in [-0.2, 0) is 9.59 Å². The third-order valence-electron chi connectivity index (χ3n) is 7.42. The predicted octanol–water partition coefficient (Wildman–Crippen LogP) is 10.2. The van der Waals surface area contributed by atoms with Gasteiger partial charge in [-0.1, -0.05) is 111 Å². The number of carboxylic acids is 2. The third kappa shape index (κ3) is 14.8. The van der Waals surface area contributed by atoms with E-state index in [4.69, 9.17) is 19.7 Å². The number of fused-ring (bicyclic) bond motifs is 1. The van der Waals surface area contributed by atoms with E-state index in [1.54, 1.807) is 12.1 Å². The second-order valence-electron chi connectivity index (χ2n) is 11.6. The summed E-state index contributed by atoms with van der Waals surface area (Å²) in [6.07, 6.45) is 0.547. The molecule has 51 heavy (non-hydrogen) atoms. The van der Waals surface area contributed by atoms with E-state index in [0.717, 1.165) is 22.4 Å². The number of aryl methyl sites for hydroxylation is 4. The fourth-order valence-corrected chi connectivity index (χ4v) is 4.86. The number of hydrogen-bond acceptors (Lipinski definition) is 5. The Morgan fingerprint density at radius 3 is 1.69 bits per heavy atom. The highest BCUT2D eigenvalue weighted by Gasteiger charge is 2.20. The Morgan fingerprint density at radius 2 is 1.22 bits per heavy atom. The SMILES string of the molecule is CC.CCC(Oc1ccc(C)cc1C)C(=O)Nc1cccc(C(=O)O)c1.Cc1ccc(OCCCC(=O)O)c(C)c1.c1ccc2ccccc2c1. The first-order valence-corrected chi connectivity index (χ1v) is 17.2.